The fraction of sp³-hybridized carbons (Fsp3) is 0.286. The van der Waals surface area contributed by atoms with Gasteiger partial charge in [0.25, 0.3) is 0 Å². The van der Waals surface area contributed by atoms with E-state index in [1.54, 1.807) is 17.5 Å². The second-order valence-electron chi connectivity index (χ2n) is 5.14. The number of aromatic nitrogens is 3. The summed E-state index contributed by atoms with van der Waals surface area (Å²) in [5.41, 5.74) is 8.12. The minimum absolute atomic E-state index is 0.529. The van der Waals surface area contributed by atoms with Crippen LogP contribution in [0.25, 0.3) is 5.65 Å². The second kappa shape index (κ2) is 4.49. The van der Waals surface area contributed by atoms with Gasteiger partial charge >= 0.3 is 0 Å². The molecule has 0 amide bonds. The monoisotopic (exact) mass is 285 g/mol. The number of rotatable bonds is 4. The summed E-state index contributed by atoms with van der Waals surface area (Å²) in [6.45, 7) is 0.868. The normalized spacial score (nSPS) is 14.8. The van der Waals surface area contributed by atoms with Gasteiger partial charge in [-0.25, -0.2) is 9.97 Å². The number of imidazole rings is 1. The highest BCUT2D eigenvalue weighted by Gasteiger charge is 2.31. The third kappa shape index (κ3) is 2.02. The third-order valence-corrected chi connectivity index (χ3v) is 4.30. The summed E-state index contributed by atoms with van der Waals surface area (Å²) >= 11 is 1.72. The maximum atomic E-state index is 5.93. The van der Waals surface area contributed by atoms with Crippen LogP contribution in [0, 0.1) is 0 Å². The Labute approximate surface area is 120 Å². The van der Waals surface area contributed by atoms with E-state index in [0.717, 1.165) is 18.0 Å². The number of hydrogen-bond acceptors (Lipinski definition) is 5. The first-order chi connectivity index (χ1) is 9.81. The Morgan fingerprint density at radius 1 is 1.45 bits per heavy atom. The Morgan fingerprint density at radius 3 is 3.10 bits per heavy atom. The van der Waals surface area contributed by atoms with E-state index in [0.29, 0.717) is 11.9 Å². The van der Waals surface area contributed by atoms with Gasteiger partial charge in [0.05, 0.1) is 6.20 Å². The summed E-state index contributed by atoms with van der Waals surface area (Å²) in [5, 5.41) is 4.29. The quantitative estimate of drug-likeness (QED) is 0.800. The number of thiophene rings is 1. The summed E-state index contributed by atoms with van der Waals surface area (Å²) in [4.78, 5) is 11.3. The minimum Gasteiger partial charge on any atom is -0.382 e. The molecule has 1 fully saturated rings. The highest BCUT2D eigenvalue weighted by Crippen LogP contribution is 2.34. The maximum Gasteiger partial charge on any atom is 0.180 e. The van der Waals surface area contributed by atoms with E-state index in [1.807, 2.05) is 16.8 Å². The molecule has 0 radical (unpaired) electrons. The van der Waals surface area contributed by atoms with E-state index < -0.39 is 0 Å². The number of nitrogen functional groups attached to an aromatic ring is 1. The lowest BCUT2D eigenvalue weighted by Gasteiger charge is -2.23. The first-order valence-electron chi connectivity index (χ1n) is 6.68. The zero-order chi connectivity index (χ0) is 13.5. The zero-order valence-corrected chi connectivity index (χ0v) is 11.8. The molecule has 0 saturated heterocycles. The van der Waals surface area contributed by atoms with Crippen LogP contribution in [0.4, 0.5) is 11.6 Å². The van der Waals surface area contributed by atoms with Crippen LogP contribution in [0.2, 0.25) is 0 Å². The molecule has 0 aliphatic heterocycles. The van der Waals surface area contributed by atoms with Crippen molar-refractivity contribution in [3.63, 3.8) is 0 Å². The van der Waals surface area contributed by atoms with Crippen LogP contribution >= 0.6 is 11.3 Å². The van der Waals surface area contributed by atoms with Crippen molar-refractivity contribution < 1.29 is 0 Å². The second-order valence-corrected chi connectivity index (χ2v) is 5.92. The smallest absolute Gasteiger partial charge is 0.180 e. The predicted octanol–water partition coefficient (Wildman–Crippen LogP) is 2.54. The van der Waals surface area contributed by atoms with Gasteiger partial charge in [0.2, 0.25) is 0 Å². The van der Waals surface area contributed by atoms with Gasteiger partial charge < -0.3 is 15.0 Å². The third-order valence-electron chi connectivity index (χ3n) is 3.57. The van der Waals surface area contributed by atoms with Gasteiger partial charge in [-0.2, -0.15) is 11.3 Å². The summed E-state index contributed by atoms with van der Waals surface area (Å²) in [6.07, 6.45) is 7.94. The Bertz CT molecular complexity index is 729. The number of nitrogens with zero attached hydrogens (tertiary/aromatic N) is 4. The Hall–Kier alpha value is -2.08. The molecular formula is C14H15N5S. The highest BCUT2D eigenvalue weighted by atomic mass is 32.1. The first-order valence-corrected chi connectivity index (χ1v) is 7.62. The molecule has 2 N–H and O–H groups in total. The van der Waals surface area contributed by atoms with Crippen LogP contribution in [0.1, 0.15) is 18.4 Å². The van der Waals surface area contributed by atoms with Crippen LogP contribution in [-0.2, 0) is 6.54 Å². The van der Waals surface area contributed by atoms with Crippen molar-refractivity contribution in [2.45, 2.75) is 25.4 Å². The fourth-order valence-corrected chi connectivity index (χ4v) is 3.13. The van der Waals surface area contributed by atoms with E-state index in [9.17, 15) is 0 Å². The summed E-state index contributed by atoms with van der Waals surface area (Å²) in [5.74, 6) is 1.42. The molecule has 4 rings (SSSR count). The van der Waals surface area contributed by atoms with Gasteiger partial charge in [-0.3, -0.25) is 0 Å². The highest BCUT2D eigenvalue weighted by molar-refractivity contribution is 7.07. The maximum absolute atomic E-state index is 5.93. The van der Waals surface area contributed by atoms with Gasteiger partial charge in [0.1, 0.15) is 5.82 Å². The molecule has 0 bridgehead atoms. The van der Waals surface area contributed by atoms with Crippen molar-refractivity contribution in [1.29, 1.82) is 0 Å². The predicted molar refractivity (Wildman–Crippen MR) is 80.9 cm³/mol. The molecule has 0 aromatic carbocycles. The summed E-state index contributed by atoms with van der Waals surface area (Å²) in [6, 6.07) is 2.72. The summed E-state index contributed by atoms with van der Waals surface area (Å²) in [7, 11) is 0. The van der Waals surface area contributed by atoms with Crippen molar-refractivity contribution in [1.82, 2.24) is 14.4 Å². The molecular weight excluding hydrogens is 270 g/mol. The average molecular weight is 285 g/mol. The van der Waals surface area contributed by atoms with Crippen molar-refractivity contribution >= 4 is 28.6 Å². The molecule has 3 aromatic rings. The fourth-order valence-electron chi connectivity index (χ4n) is 2.47. The molecule has 0 unspecified atom stereocenters. The van der Waals surface area contributed by atoms with E-state index in [1.165, 1.54) is 18.4 Å². The van der Waals surface area contributed by atoms with Crippen molar-refractivity contribution in [2.75, 3.05) is 10.6 Å². The van der Waals surface area contributed by atoms with Crippen molar-refractivity contribution in [3.05, 3.63) is 41.0 Å². The van der Waals surface area contributed by atoms with E-state index >= 15 is 0 Å². The van der Waals surface area contributed by atoms with Crippen LogP contribution in [0.15, 0.2) is 35.4 Å². The molecule has 0 spiro atoms. The van der Waals surface area contributed by atoms with Crippen LogP contribution in [0.3, 0.4) is 0 Å². The first kappa shape index (κ1) is 11.7. The molecule has 1 aliphatic rings. The SMILES string of the molecule is Nc1cn2ccnc2c(N(Cc2ccsc2)C2CC2)n1. The molecule has 3 heterocycles. The molecule has 5 nitrogen and oxygen atoms in total. The number of anilines is 2. The van der Waals surface area contributed by atoms with Gasteiger partial charge in [0.15, 0.2) is 11.5 Å². The Morgan fingerprint density at radius 2 is 2.35 bits per heavy atom. The molecule has 1 saturated carbocycles. The molecule has 1 aliphatic carbocycles. The van der Waals surface area contributed by atoms with Crippen LogP contribution in [0.5, 0.6) is 0 Å². The molecule has 20 heavy (non-hydrogen) atoms. The molecule has 0 atom stereocenters. The van der Waals surface area contributed by atoms with Gasteiger partial charge in [-0.15, -0.1) is 0 Å². The van der Waals surface area contributed by atoms with Crippen LogP contribution < -0.4 is 10.6 Å². The Balaban J connectivity index is 1.79. The Kier molecular flexibility index (Phi) is 2.63. The van der Waals surface area contributed by atoms with E-state index in [-0.39, 0.29) is 0 Å². The lowest BCUT2D eigenvalue weighted by molar-refractivity contribution is 0.780. The van der Waals surface area contributed by atoms with Gasteiger partial charge in [0, 0.05) is 25.0 Å². The molecule has 102 valence electrons. The molecule has 3 aromatic heterocycles. The number of fused-ring (bicyclic) bond motifs is 1. The average Bonchev–Trinajstić information content (AvgIpc) is 2.96. The largest absolute Gasteiger partial charge is 0.382 e. The van der Waals surface area contributed by atoms with Crippen molar-refractivity contribution in [3.8, 4) is 0 Å². The zero-order valence-electron chi connectivity index (χ0n) is 10.9. The van der Waals surface area contributed by atoms with E-state index in [4.69, 9.17) is 5.73 Å². The lowest BCUT2D eigenvalue weighted by atomic mass is 10.3. The van der Waals surface area contributed by atoms with Gasteiger partial charge in [-0.1, -0.05) is 0 Å². The standard InChI is InChI=1S/C14H15N5S/c15-12-8-18-5-4-16-13(18)14(17-12)19(11-1-2-11)7-10-3-6-20-9-10/h3-6,8-9,11H,1-2,7,15H2. The summed E-state index contributed by atoms with van der Waals surface area (Å²) < 4.78 is 1.95. The molecule has 6 heteroatoms. The lowest BCUT2D eigenvalue weighted by Crippen LogP contribution is -2.26. The number of hydrogen-bond donors (Lipinski definition) is 1. The topological polar surface area (TPSA) is 59.5 Å². The minimum atomic E-state index is 0.529. The number of nitrogens with two attached hydrogens (primary N) is 1. The van der Waals surface area contributed by atoms with E-state index in [2.05, 4.69) is 31.7 Å². The van der Waals surface area contributed by atoms with Gasteiger partial charge in [-0.05, 0) is 35.2 Å². The van der Waals surface area contributed by atoms with Crippen LogP contribution in [-0.4, -0.2) is 20.4 Å². The van der Waals surface area contributed by atoms with Crippen molar-refractivity contribution in [2.24, 2.45) is 0 Å².